The molecule has 3 aromatic heterocycles. The quantitative estimate of drug-likeness (QED) is 0.547. The van der Waals surface area contributed by atoms with Gasteiger partial charge in [-0.25, -0.2) is 13.9 Å². The van der Waals surface area contributed by atoms with Gasteiger partial charge in [0.05, 0.1) is 5.02 Å². The second-order valence-electron chi connectivity index (χ2n) is 6.08. The topological polar surface area (TPSA) is 48.0 Å². The summed E-state index contributed by atoms with van der Waals surface area (Å²) in [5.41, 5.74) is 4.81. The first-order valence-corrected chi connectivity index (χ1v) is 8.44. The third-order valence-corrected chi connectivity index (χ3v) is 4.90. The maximum atomic E-state index is 14.6. The largest absolute Gasteiger partial charge is 0.268 e. The van der Waals surface area contributed by atoms with Crippen molar-refractivity contribution in [3.05, 3.63) is 59.4 Å². The zero-order chi connectivity index (χ0) is 17.0. The van der Waals surface area contributed by atoms with Crippen LogP contribution in [0.15, 0.2) is 42.9 Å². The summed E-state index contributed by atoms with van der Waals surface area (Å²) in [6.45, 7) is 0.843. The van der Waals surface area contributed by atoms with Crippen molar-refractivity contribution < 1.29 is 4.39 Å². The summed E-state index contributed by atoms with van der Waals surface area (Å²) in [7, 11) is 0. The predicted octanol–water partition coefficient (Wildman–Crippen LogP) is 4.00. The first-order chi connectivity index (χ1) is 12.2. The molecule has 5 rings (SSSR count). The van der Waals surface area contributed by atoms with Crippen LogP contribution in [-0.4, -0.2) is 24.4 Å². The highest BCUT2D eigenvalue weighted by molar-refractivity contribution is 6.31. The third kappa shape index (κ3) is 2.17. The lowest BCUT2D eigenvalue weighted by Gasteiger charge is -2.07. The Morgan fingerprint density at radius 3 is 3.00 bits per heavy atom. The van der Waals surface area contributed by atoms with E-state index in [2.05, 4.69) is 15.2 Å². The van der Waals surface area contributed by atoms with Crippen LogP contribution in [-0.2, 0) is 13.0 Å². The van der Waals surface area contributed by atoms with E-state index in [1.807, 2.05) is 23.0 Å². The molecule has 7 heteroatoms. The Hall–Kier alpha value is -2.73. The van der Waals surface area contributed by atoms with E-state index in [0.717, 1.165) is 41.9 Å². The molecule has 4 aromatic rings. The highest BCUT2D eigenvalue weighted by Crippen LogP contribution is 2.39. The van der Waals surface area contributed by atoms with Gasteiger partial charge >= 0.3 is 0 Å². The van der Waals surface area contributed by atoms with Gasteiger partial charge in [-0.2, -0.15) is 10.2 Å². The van der Waals surface area contributed by atoms with Gasteiger partial charge in [0.1, 0.15) is 12.0 Å². The van der Waals surface area contributed by atoms with Crippen LogP contribution in [0.2, 0.25) is 5.02 Å². The number of hydrogen-bond donors (Lipinski definition) is 0. The molecule has 0 atom stereocenters. The maximum absolute atomic E-state index is 14.6. The van der Waals surface area contributed by atoms with Crippen LogP contribution in [0.1, 0.15) is 12.1 Å². The molecule has 0 unspecified atom stereocenters. The van der Waals surface area contributed by atoms with E-state index in [9.17, 15) is 4.39 Å². The molecule has 1 aliphatic rings. The molecular formula is C18H13ClFN5. The molecule has 0 aliphatic carbocycles. The second kappa shape index (κ2) is 5.39. The van der Waals surface area contributed by atoms with E-state index < -0.39 is 5.82 Å². The maximum Gasteiger partial charge on any atom is 0.155 e. The van der Waals surface area contributed by atoms with Crippen molar-refractivity contribution in [1.82, 2.24) is 24.4 Å². The fourth-order valence-electron chi connectivity index (χ4n) is 3.48. The zero-order valence-electron chi connectivity index (χ0n) is 13.2. The van der Waals surface area contributed by atoms with Crippen molar-refractivity contribution in [2.45, 2.75) is 19.4 Å². The highest BCUT2D eigenvalue weighted by Gasteiger charge is 2.26. The van der Waals surface area contributed by atoms with Gasteiger partial charge in [0.2, 0.25) is 0 Å². The SMILES string of the molecule is Fc1c(Cl)cccc1-c1nn2c(c1-c1ccc3ncnn3c1)CCC2. The third-order valence-electron chi connectivity index (χ3n) is 4.61. The lowest BCUT2D eigenvalue weighted by atomic mass is 9.98. The van der Waals surface area contributed by atoms with Gasteiger partial charge in [0, 0.05) is 35.1 Å². The normalized spacial score (nSPS) is 13.5. The average Bonchev–Trinajstić information content (AvgIpc) is 3.31. The van der Waals surface area contributed by atoms with Gasteiger partial charge in [-0.05, 0) is 37.1 Å². The molecule has 1 aromatic carbocycles. The van der Waals surface area contributed by atoms with Gasteiger partial charge in [0.25, 0.3) is 0 Å². The summed E-state index contributed by atoms with van der Waals surface area (Å²) >= 11 is 5.99. The van der Waals surface area contributed by atoms with Crippen LogP contribution in [0.4, 0.5) is 4.39 Å². The van der Waals surface area contributed by atoms with Gasteiger partial charge in [-0.15, -0.1) is 0 Å². The minimum Gasteiger partial charge on any atom is -0.268 e. The number of halogens is 2. The van der Waals surface area contributed by atoms with Crippen molar-refractivity contribution in [3.63, 3.8) is 0 Å². The van der Waals surface area contributed by atoms with Crippen molar-refractivity contribution in [1.29, 1.82) is 0 Å². The van der Waals surface area contributed by atoms with E-state index in [0.29, 0.717) is 11.3 Å². The number of benzene rings is 1. The summed E-state index contributed by atoms with van der Waals surface area (Å²) in [4.78, 5) is 4.17. The smallest absolute Gasteiger partial charge is 0.155 e. The fourth-order valence-corrected chi connectivity index (χ4v) is 3.65. The number of hydrogen-bond acceptors (Lipinski definition) is 3. The Labute approximate surface area is 147 Å². The lowest BCUT2D eigenvalue weighted by Crippen LogP contribution is -1.95. The monoisotopic (exact) mass is 353 g/mol. The van der Waals surface area contributed by atoms with Crippen molar-refractivity contribution in [2.24, 2.45) is 0 Å². The van der Waals surface area contributed by atoms with Crippen LogP contribution in [0.25, 0.3) is 28.0 Å². The van der Waals surface area contributed by atoms with E-state index >= 15 is 0 Å². The molecular weight excluding hydrogens is 341 g/mol. The minimum absolute atomic E-state index is 0.100. The second-order valence-corrected chi connectivity index (χ2v) is 6.49. The van der Waals surface area contributed by atoms with E-state index in [4.69, 9.17) is 11.6 Å². The number of nitrogens with zero attached hydrogens (tertiary/aromatic N) is 5. The summed E-state index contributed by atoms with van der Waals surface area (Å²) in [6, 6.07) is 8.89. The molecule has 124 valence electrons. The number of fused-ring (bicyclic) bond motifs is 2. The summed E-state index contributed by atoms with van der Waals surface area (Å²) < 4.78 is 18.3. The molecule has 0 fully saturated rings. The Kier molecular flexibility index (Phi) is 3.15. The first kappa shape index (κ1) is 14.6. The Morgan fingerprint density at radius 2 is 2.08 bits per heavy atom. The molecule has 0 spiro atoms. The van der Waals surface area contributed by atoms with Crippen molar-refractivity contribution in [2.75, 3.05) is 0 Å². The molecule has 0 radical (unpaired) electrons. The molecule has 0 saturated carbocycles. The number of pyridine rings is 1. The van der Waals surface area contributed by atoms with Crippen LogP contribution < -0.4 is 0 Å². The minimum atomic E-state index is -0.441. The van der Waals surface area contributed by atoms with Crippen LogP contribution in [0.5, 0.6) is 0 Å². The molecule has 5 nitrogen and oxygen atoms in total. The summed E-state index contributed by atoms with van der Waals surface area (Å²) in [6.07, 6.45) is 5.38. The highest BCUT2D eigenvalue weighted by atomic mass is 35.5. The first-order valence-electron chi connectivity index (χ1n) is 8.06. The predicted molar refractivity (Wildman–Crippen MR) is 92.9 cm³/mol. The zero-order valence-corrected chi connectivity index (χ0v) is 13.9. The Balaban J connectivity index is 1.79. The van der Waals surface area contributed by atoms with Gasteiger partial charge in [-0.1, -0.05) is 17.7 Å². The number of rotatable bonds is 2. The summed E-state index contributed by atoms with van der Waals surface area (Å²) in [5.74, 6) is -0.441. The summed E-state index contributed by atoms with van der Waals surface area (Å²) in [5, 5.41) is 8.98. The van der Waals surface area contributed by atoms with E-state index in [-0.39, 0.29) is 5.02 Å². The molecule has 0 N–H and O–H groups in total. The molecule has 4 heterocycles. The molecule has 0 saturated heterocycles. The molecule has 0 amide bonds. The van der Waals surface area contributed by atoms with Crippen LogP contribution >= 0.6 is 11.6 Å². The van der Waals surface area contributed by atoms with Crippen molar-refractivity contribution in [3.8, 4) is 22.4 Å². The molecule has 0 bridgehead atoms. The van der Waals surface area contributed by atoms with Gasteiger partial charge < -0.3 is 0 Å². The Morgan fingerprint density at radius 1 is 1.16 bits per heavy atom. The van der Waals surface area contributed by atoms with Crippen molar-refractivity contribution >= 4 is 17.2 Å². The Bertz CT molecular complexity index is 1110. The lowest BCUT2D eigenvalue weighted by molar-refractivity contribution is 0.627. The van der Waals surface area contributed by atoms with Crippen LogP contribution in [0.3, 0.4) is 0 Å². The average molecular weight is 354 g/mol. The van der Waals surface area contributed by atoms with Gasteiger partial charge in [-0.3, -0.25) is 4.68 Å². The van der Waals surface area contributed by atoms with E-state index in [1.165, 1.54) is 6.33 Å². The van der Waals surface area contributed by atoms with E-state index in [1.54, 1.807) is 22.7 Å². The molecule has 25 heavy (non-hydrogen) atoms. The molecule has 1 aliphatic heterocycles. The number of aromatic nitrogens is 5. The van der Waals surface area contributed by atoms with Gasteiger partial charge in [0.15, 0.2) is 11.5 Å². The fraction of sp³-hybridized carbons (Fsp3) is 0.167. The number of aryl methyl sites for hydroxylation is 1. The standard InChI is InChI=1S/C18H13ClFN5/c19-13-4-1-3-12(17(13)20)18-16(14-5-2-8-24(14)23-18)11-6-7-15-21-10-22-25(15)9-11/h1,3-4,6-7,9-10H,2,5,8H2. The van der Waals surface area contributed by atoms with Crippen LogP contribution in [0, 0.1) is 5.82 Å².